The molecule has 0 aliphatic carbocycles. The monoisotopic (exact) mass is 395 g/mol. The van der Waals surface area contributed by atoms with Gasteiger partial charge in [-0.25, -0.2) is 4.68 Å². The highest BCUT2D eigenvalue weighted by Crippen LogP contribution is 2.26. The smallest absolute Gasteiger partial charge is 0.269 e. The summed E-state index contributed by atoms with van der Waals surface area (Å²) in [6, 6.07) is 5.50. The molecule has 0 radical (unpaired) electrons. The molecule has 0 saturated carbocycles. The molecule has 0 amide bonds. The second-order valence-corrected chi connectivity index (χ2v) is 7.99. The lowest BCUT2D eigenvalue weighted by Gasteiger charge is -2.39. The molecule has 0 aromatic carbocycles. The van der Waals surface area contributed by atoms with Gasteiger partial charge in [-0.3, -0.25) is 9.78 Å². The maximum Gasteiger partial charge on any atom is 0.269 e. The van der Waals surface area contributed by atoms with Crippen LogP contribution in [0, 0.1) is 13.8 Å². The van der Waals surface area contributed by atoms with E-state index in [9.17, 15) is 4.79 Å². The molecule has 152 valence electrons. The summed E-state index contributed by atoms with van der Waals surface area (Å²) in [5.41, 5.74) is 3.68. The number of anilines is 1. The lowest BCUT2D eigenvalue weighted by molar-refractivity contribution is -0.0277. The number of aryl methyl sites for hydroxylation is 2. The van der Waals surface area contributed by atoms with E-state index in [-0.39, 0.29) is 17.7 Å². The zero-order valence-corrected chi connectivity index (χ0v) is 17.2. The maximum absolute atomic E-state index is 12.8. The second-order valence-electron chi connectivity index (χ2n) is 7.99. The quantitative estimate of drug-likeness (QED) is 0.671. The summed E-state index contributed by atoms with van der Waals surface area (Å²) in [4.78, 5) is 19.2. The number of hydrogen-bond acceptors (Lipinski definition) is 7. The van der Waals surface area contributed by atoms with Crippen LogP contribution in [0.3, 0.4) is 0 Å². The summed E-state index contributed by atoms with van der Waals surface area (Å²) in [5.74, 6) is 0.660. The number of morpholine rings is 1. The van der Waals surface area contributed by atoms with Crippen LogP contribution >= 0.6 is 0 Å². The van der Waals surface area contributed by atoms with Crippen LogP contribution in [0.4, 0.5) is 5.69 Å². The van der Waals surface area contributed by atoms with Gasteiger partial charge < -0.3 is 14.2 Å². The van der Waals surface area contributed by atoms with Crippen LogP contribution in [0.2, 0.25) is 0 Å². The molecule has 0 spiro atoms. The van der Waals surface area contributed by atoms with E-state index in [0.717, 1.165) is 29.1 Å². The molecule has 1 aliphatic rings. The van der Waals surface area contributed by atoms with Gasteiger partial charge in [-0.05, 0) is 39.8 Å². The van der Waals surface area contributed by atoms with Crippen molar-refractivity contribution in [2.24, 2.45) is 0 Å². The second kappa shape index (κ2) is 7.44. The van der Waals surface area contributed by atoms with Gasteiger partial charge in [0.15, 0.2) is 0 Å². The molecule has 8 nitrogen and oxygen atoms in total. The Balaban J connectivity index is 1.60. The first kappa shape index (κ1) is 19.3. The predicted molar refractivity (Wildman–Crippen MR) is 109 cm³/mol. The van der Waals surface area contributed by atoms with Gasteiger partial charge in [0.2, 0.25) is 0 Å². The number of hydrogen-bond donors (Lipinski definition) is 0. The highest BCUT2D eigenvalue weighted by atomic mass is 16.5. The SMILES string of the molecule is Cc1ccc(-c2noc(C)c2Cn2ncc(N3CCOC(C)(C)C3)cc2=O)cn1. The maximum atomic E-state index is 12.8. The Morgan fingerprint density at radius 3 is 2.72 bits per heavy atom. The molecular weight excluding hydrogens is 370 g/mol. The highest BCUT2D eigenvalue weighted by molar-refractivity contribution is 5.62. The Labute approximate surface area is 169 Å². The number of aromatic nitrogens is 4. The van der Waals surface area contributed by atoms with Crippen molar-refractivity contribution in [3.63, 3.8) is 0 Å². The van der Waals surface area contributed by atoms with Crippen molar-refractivity contribution in [3.05, 3.63) is 58.0 Å². The molecule has 1 aliphatic heterocycles. The van der Waals surface area contributed by atoms with Gasteiger partial charge in [0.1, 0.15) is 11.5 Å². The minimum Gasteiger partial charge on any atom is -0.372 e. The highest BCUT2D eigenvalue weighted by Gasteiger charge is 2.27. The largest absolute Gasteiger partial charge is 0.372 e. The van der Waals surface area contributed by atoms with Crippen molar-refractivity contribution in [1.29, 1.82) is 0 Å². The summed E-state index contributed by atoms with van der Waals surface area (Å²) in [6.45, 7) is 10.2. The lowest BCUT2D eigenvalue weighted by Crippen LogP contribution is -2.48. The van der Waals surface area contributed by atoms with Crippen LogP contribution in [0.15, 0.2) is 39.9 Å². The first-order chi connectivity index (χ1) is 13.8. The van der Waals surface area contributed by atoms with E-state index in [4.69, 9.17) is 9.26 Å². The molecule has 1 fully saturated rings. The number of rotatable bonds is 4. The van der Waals surface area contributed by atoms with E-state index in [1.807, 2.05) is 39.8 Å². The third-order valence-corrected chi connectivity index (χ3v) is 5.12. The normalized spacial score (nSPS) is 16.2. The zero-order valence-electron chi connectivity index (χ0n) is 17.2. The van der Waals surface area contributed by atoms with E-state index >= 15 is 0 Å². The van der Waals surface area contributed by atoms with Crippen LogP contribution in [0.25, 0.3) is 11.3 Å². The van der Waals surface area contributed by atoms with Crippen molar-refractivity contribution >= 4 is 5.69 Å². The summed E-state index contributed by atoms with van der Waals surface area (Å²) in [6.07, 6.45) is 3.49. The molecular formula is C21H25N5O3. The van der Waals surface area contributed by atoms with E-state index in [1.54, 1.807) is 18.5 Å². The Morgan fingerprint density at radius 2 is 2.03 bits per heavy atom. The third-order valence-electron chi connectivity index (χ3n) is 5.12. The van der Waals surface area contributed by atoms with Crippen LogP contribution in [0.5, 0.6) is 0 Å². The minimum atomic E-state index is -0.246. The summed E-state index contributed by atoms with van der Waals surface area (Å²) < 4.78 is 12.6. The fraction of sp³-hybridized carbons (Fsp3) is 0.429. The van der Waals surface area contributed by atoms with E-state index in [2.05, 4.69) is 20.1 Å². The molecule has 29 heavy (non-hydrogen) atoms. The van der Waals surface area contributed by atoms with Crippen molar-refractivity contribution in [3.8, 4) is 11.3 Å². The van der Waals surface area contributed by atoms with Gasteiger partial charge in [0.05, 0.1) is 30.6 Å². The van der Waals surface area contributed by atoms with Crippen LogP contribution in [0.1, 0.15) is 30.9 Å². The van der Waals surface area contributed by atoms with Gasteiger partial charge >= 0.3 is 0 Å². The zero-order chi connectivity index (χ0) is 20.6. The van der Waals surface area contributed by atoms with Crippen molar-refractivity contribution in [2.45, 2.75) is 39.8 Å². The van der Waals surface area contributed by atoms with Crippen molar-refractivity contribution < 1.29 is 9.26 Å². The van der Waals surface area contributed by atoms with Crippen LogP contribution in [-0.2, 0) is 11.3 Å². The van der Waals surface area contributed by atoms with Gasteiger partial charge in [-0.2, -0.15) is 5.10 Å². The summed E-state index contributed by atoms with van der Waals surface area (Å²) in [5, 5.41) is 8.57. The standard InChI is InChI=1S/C21H25N5O3/c1-14-5-6-16(10-22-14)20-18(15(2)29-24-20)12-26-19(27)9-17(11-23-26)25-7-8-28-21(3,4)13-25/h5-6,9-11H,7-8,12-13H2,1-4H3. The van der Waals surface area contributed by atoms with Gasteiger partial charge in [0.25, 0.3) is 5.56 Å². The van der Waals surface area contributed by atoms with E-state index in [0.29, 0.717) is 24.6 Å². The average Bonchev–Trinajstić information content (AvgIpc) is 3.03. The Bertz CT molecular complexity index is 1070. The predicted octanol–water partition coefficient (Wildman–Crippen LogP) is 2.57. The van der Waals surface area contributed by atoms with E-state index in [1.165, 1.54) is 4.68 Å². The minimum absolute atomic E-state index is 0.166. The molecule has 0 unspecified atom stereocenters. The Hall–Kier alpha value is -3.00. The van der Waals surface area contributed by atoms with Crippen molar-refractivity contribution in [1.82, 2.24) is 19.9 Å². The number of ether oxygens (including phenoxy) is 1. The summed E-state index contributed by atoms with van der Waals surface area (Å²) in [7, 11) is 0. The molecule has 4 heterocycles. The average molecular weight is 395 g/mol. The molecule has 1 saturated heterocycles. The first-order valence-electron chi connectivity index (χ1n) is 9.67. The fourth-order valence-electron chi connectivity index (χ4n) is 3.51. The fourth-order valence-corrected chi connectivity index (χ4v) is 3.51. The van der Waals surface area contributed by atoms with Crippen LogP contribution < -0.4 is 10.5 Å². The van der Waals surface area contributed by atoms with Gasteiger partial charge in [-0.15, -0.1) is 0 Å². The molecule has 8 heteroatoms. The molecule has 3 aromatic rings. The van der Waals surface area contributed by atoms with Gasteiger partial charge in [0, 0.05) is 42.2 Å². The number of pyridine rings is 1. The molecule has 0 N–H and O–H groups in total. The third kappa shape index (κ3) is 4.07. The first-order valence-corrected chi connectivity index (χ1v) is 9.67. The Morgan fingerprint density at radius 1 is 1.21 bits per heavy atom. The van der Waals surface area contributed by atoms with E-state index < -0.39 is 0 Å². The summed E-state index contributed by atoms with van der Waals surface area (Å²) >= 11 is 0. The molecule has 3 aromatic heterocycles. The topological polar surface area (TPSA) is 86.3 Å². The van der Waals surface area contributed by atoms with Crippen LogP contribution in [-0.4, -0.2) is 45.2 Å². The number of nitrogens with zero attached hydrogens (tertiary/aromatic N) is 5. The molecule has 4 rings (SSSR count). The Kier molecular flexibility index (Phi) is 4.96. The van der Waals surface area contributed by atoms with Gasteiger partial charge in [-0.1, -0.05) is 5.16 Å². The molecule has 0 bridgehead atoms. The van der Waals surface area contributed by atoms with Crippen molar-refractivity contribution in [2.75, 3.05) is 24.6 Å². The molecule has 0 atom stereocenters. The lowest BCUT2D eigenvalue weighted by atomic mass is 10.1.